The van der Waals surface area contributed by atoms with Crippen LogP contribution in [0.4, 0.5) is 13.6 Å². The first kappa shape index (κ1) is 15.2. The molecule has 1 heterocycles. The fourth-order valence-corrected chi connectivity index (χ4v) is 1.10. The van der Waals surface area contributed by atoms with Gasteiger partial charge in [-0.1, -0.05) is 4.80 Å². The van der Waals surface area contributed by atoms with Gasteiger partial charge < -0.3 is 15.2 Å². The molecule has 0 bridgehead atoms. The Morgan fingerprint density at radius 1 is 1.53 bits per heavy atom. The summed E-state index contributed by atoms with van der Waals surface area (Å²) in [5, 5.41) is 21.1. The lowest BCUT2D eigenvalue weighted by molar-refractivity contribution is 0.0388. The van der Waals surface area contributed by atoms with Gasteiger partial charge in [0.25, 0.3) is 0 Å². The molecule has 1 aromatic rings. The number of alkyl carbamates (subject to hydrolysis) is 1. The van der Waals surface area contributed by atoms with Gasteiger partial charge in [-0.05, 0) is 26.0 Å². The highest BCUT2D eigenvalue weighted by Gasteiger charge is 2.24. The van der Waals surface area contributed by atoms with Crippen LogP contribution in [0.25, 0.3) is 0 Å². The second kappa shape index (κ2) is 5.87. The fourth-order valence-electron chi connectivity index (χ4n) is 1.10. The van der Waals surface area contributed by atoms with Crippen LogP contribution in [0.2, 0.25) is 0 Å². The number of aliphatic hydroxyl groups is 1. The molecule has 0 aromatic carbocycles. The number of alkyl halides is 2. The number of nitrogens with zero attached hydrogens (tertiary/aromatic N) is 4. The first-order valence-electron chi connectivity index (χ1n) is 5.41. The molecular formula is C9H15F2N5O3. The lowest BCUT2D eigenvalue weighted by Crippen LogP contribution is -2.36. The van der Waals surface area contributed by atoms with Gasteiger partial charge in [0.15, 0.2) is 5.82 Å². The Morgan fingerprint density at radius 2 is 2.16 bits per heavy atom. The molecule has 1 rings (SSSR count). The molecule has 0 aliphatic heterocycles. The Labute approximate surface area is 107 Å². The Morgan fingerprint density at radius 3 is 2.58 bits per heavy atom. The van der Waals surface area contributed by atoms with Crippen LogP contribution in [0.15, 0.2) is 0 Å². The number of hydrogen-bond donors (Lipinski definition) is 2. The molecule has 0 saturated carbocycles. The second-order valence-electron chi connectivity index (χ2n) is 4.63. The number of hydrogen-bond acceptors (Lipinski definition) is 6. The zero-order valence-electron chi connectivity index (χ0n) is 10.7. The molecule has 0 radical (unpaired) electrons. The Hall–Kier alpha value is -1.84. The van der Waals surface area contributed by atoms with Crippen molar-refractivity contribution < 1.29 is 23.4 Å². The van der Waals surface area contributed by atoms with Crippen molar-refractivity contribution in [2.75, 3.05) is 6.61 Å². The van der Waals surface area contributed by atoms with Crippen LogP contribution in [0.5, 0.6) is 0 Å². The van der Waals surface area contributed by atoms with Crippen LogP contribution in [0.1, 0.15) is 39.2 Å². The number of carbonyl (C=O) groups excluding carboxylic acids is 1. The first-order chi connectivity index (χ1) is 8.73. The van der Waals surface area contributed by atoms with Crippen molar-refractivity contribution in [3.8, 4) is 0 Å². The zero-order valence-corrected chi connectivity index (χ0v) is 10.7. The first-order valence-corrected chi connectivity index (χ1v) is 5.41. The van der Waals surface area contributed by atoms with Crippen molar-refractivity contribution in [1.82, 2.24) is 25.5 Å². The van der Waals surface area contributed by atoms with Crippen molar-refractivity contribution >= 4 is 6.09 Å². The van der Waals surface area contributed by atoms with E-state index < -0.39 is 30.9 Å². The predicted octanol–water partition coefficient (Wildman–Crippen LogP) is 0.626. The number of ether oxygens (including phenoxy) is 1. The number of aliphatic hydroxyl groups excluding tert-OH is 1. The molecule has 0 aliphatic rings. The predicted molar refractivity (Wildman–Crippen MR) is 58.3 cm³/mol. The highest BCUT2D eigenvalue weighted by atomic mass is 19.3. The molecule has 0 saturated heterocycles. The minimum absolute atomic E-state index is 0.0781. The highest BCUT2D eigenvalue weighted by molar-refractivity contribution is 5.68. The third-order valence-electron chi connectivity index (χ3n) is 1.80. The molecule has 0 unspecified atom stereocenters. The maximum Gasteiger partial charge on any atom is 0.408 e. The van der Waals surface area contributed by atoms with E-state index in [2.05, 4.69) is 20.7 Å². The number of carbonyl (C=O) groups is 1. The lowest BCUT2D eigenvalue weighted by atomic mass is 10.2. The van der Waals surface area contributed by atoms with E-state index >= 15 is 0 Å². The number of halogens is 2. The van der Waals surface area contributed by atoms with E-state index in [4.69, 9.17) is 9.84 Å². The van der Waals surface area contributed by atoms with Crippen LogP contribution in [-0.2, 0) is 4.74 Å². The van der Waals surface area contributed by atoms with Crippen LogP contribution < -0.4 is 5.32 Å². The summed E-state index contributed by atoms with van der Waals surface area (Å²) in [6, 6.07) is -1.07. The highest BCUT2D eigenvalue weighted by Crippen LogP contribution is 2.12. The van der Waals surface area contributed by atoms with Crippen molar-refractivity contribution in [3.63, 3.8) is 0 Å². The summed E-state index contributed by atoms with van der Waals surface area (Å²) >= 11 is 0. The molecule has 1 amide bonds. The standard InChI is InChI=1S/C9H15F2N5O3/c1-9(2,3)19-8(18)12-5(4-17)6-13-15-16(14-6)7(10)11/h5,7,17H,4H2,1-3H3,(H,12,18)/t5-/m0/s1. The summed E-state index contributed by atoms with van der Waals surface area (Å²) in [5.74, 6) is -0.228. The van der Waals surface area contributed by atoms with Gasteiger partial charge in [0.2, 0.25) is 0 Å². The maximum absolute atomic E-state index is 12.3. The van der Waals surface area contributed by atoms with Crippen molar-refractivity contribution in [2.45, 2.75) is 39.0 Å². The average Bonchev–Trinajstić information content (AvgIpc) is 2.72. The minimum Gasteiger partial charge on any atom is -0.444 e. The average molecular weight is 279 g/mol. The molecule has 2 N–H and O–H groups in total. The van der Waals surface area contributed by atoms with Crippen LogP contribution in [0.3, 0.4) is 0 Å². The van der Waals surface area contributed by atoms with Gasteiger partial charge in [0.05, 0.1) is 6.61 Å². The molecule has 8 nitrogen and oxygen atoms in total. The molecule has 1 aromatic heterocycles. The summed E-state index contributed by atoms with van der Waals surface area (Å²) in [4.78, 5) is 11.5. The van der Waals surface area contributed by atoms with Gasteiger partial charge in [-0.25, -0.2) is 4.79 Å². The van der Waals surface area contributed by atoms with Gasteiger partial charge in [-0.2, -0.15) is 8.78 Å². The second-order valence-corrected chi connectivity index (χ2v) is 4.63. The van der Waals surface area contributed by atoms with Crippen molar-refractivity contribution in [2.24, 2.45) is 0 Å². The SMILES string of the molecule is CC(C)(C)OC(=O)N[C@@H](CO)c1nnn(C(F)F)n1. The molecule has 1 atom stereocenters. The van der Waals surface area contributed by atoms with E-state index in [1.165, 1.54) is 0 Å². The molecule has 19 heavy (non-hydrogen) atoms. The zero-order chi connectivity index (χ0) is 14.6. The third-order valence-corrected chi connectivity index (χ3v) is 1.80. The number of aromatic nitrogens is 4. The van der Waals surface area contributed by atoms with E-state index in [0.29, 0.717) is 0 Å². The summed E-state index contributed by atoms with van der Waals surface area (Å²) in [5.41, 5.74) is -0.724. The summed E-state index contributed by atoms with van der Waals surface area (Å²) in [7, 11) is 0. The molecule has 0 fully saturated rings. The van der Waals surface area contributed by atoms with Gasteiger partial charge in [0, 0.05) is 0 Å². The Bertz CT molecular complexity index is 432. The van der Waals surface area contributed by atoms with Crippen LogP contribution in [0, 0.1) is 0 Å². The van der Waals surface area contributed by atoms with Crippen molar-refractivity contribution in [3.05, 3.63) is 5.82 Å². The molecule has 0 aliphatic carbocycles. The maximum atomic E-state index is 12.3. The van der Waals surface area contributed by atoms with E-state index in [0.717, 1.165) is 0 Å². The molecule has 0 spiro atoms. The minimum atomic E-state index is -2.94. The van der Waals surface area contributed by atoms with Crippen molar-refractivity contribution in [1.29, 1.82) is 0 Å². The summed E-state index contributed by atoms with van der Waals surface area (Å²) in [6.07, 6.45) is -0.819. The molecular weight excluding hydrogens is 264 g/mol. The lowest BCUT2D eigenvalue weighted by Gasteiger charge is -2.21. The van der Waals surface area contributed by atoms with E-state index in [9.17, 15) is 13.6 Å². The van der Waals surface area contributed by atoms with Gasteiger partial charge in [0.1, 0.15) is 11.6 Å². The number of tetrazole rings is 1. The smallest absolute Gasteiger partial charge is 0.408 e. The van der Waals surface area contributed by atoms with E-state index in [-0.39, 0.29) is 10.6 Å². The van der Waals surface area contributed by atoms with E-state index in [1.54, 1.807) is 20.8 Å². The number of nitrogens with one attached hydrogen (secondary N) is 1. The van der Waals surface area contributed by atoms with Crippen LogP contribution in [-0.4, -0.2) is 43.6 Å². The third kappa shape index (κ3) is 4.73. The fraction of sp³-hybridized carbons (Fsp3) is 0.778. The van der Waals surface area contributed by atoms with Gasteiger partial charge in [-0.3, -0.25) is 0 Å². The molecule has 10 heteroatoms. The topological polar surface area (TPSA) is 102 Å². The van der Waals surface area contributed by atoms with E-state index in [1.807, 2.05) is 0 Å². The Kier molecular flexibility index (Phi) is 4.70. The monoisotopic (exact) mass is 279 g/mol. The Balaban J connectivity index is 2.69. The quantitative estimate of drug-likeness (QED) is 0.838. The molecule has 108 valence electrons. The largest absolute Gasteiger partial charge is 0.444 e. The van der Waals surface area contributed by atoms with Gasteiger partial charge >= 0.3 is 12.6 Å². The summed E-state index contributed by atoms with van der Waals surface area (Å²) < 4.78 is 29.5. The van der Waals surface area contributed by atoms with Gasteiger partial charge in [-0.15, -0.1) is 10.2 Å². The normalized spacial score (nSPS) is 13.4. The number of rotatable bonds is 4. The van der Waals surface area contributed by atoms with Crippen LogP contribution >= 0.6 is 0 Å². The number of amides is 1. The summed E-state index contributed by atoms with van der Waals surface area (Å²) in [6.45, 7) is 1.46.